The van der Waals surface area contributed by atoms with Gasteiger partial charge < -0.3 is 28.3 Å². The van der Waals surface area contributed by atoms with Crippen LogP contribution in [-0.2, 0) is 18.8 Å². The van der Waals surface area contributed by atoms with Gasteiger partial charge in [-0.3, -0.25) is 9.97 Å². The fourth-order valence-electron chi connectivity index (χ4n) is 2.58. The second-order valence-electron chi connectivity index (χ2n) is 8.06. The van der Waals surface area contributed by atoms with E-state index in [0.29, 0.717) is 32.2 Å². The van der Waals surface area contributed by atoms with Gasteiger partial charge in [0.15, 0.2) is 0 Å². The summed E-state index contributed by atoms with van der Waals surface area (Å²) in [6.07, 6.45) is 6.79. The van der Waals surface area contributed by atoms with Crippen molar-refractivity contribution in [3.05, 3.63) is 41.4 Å². The van der Waals surface area contributed by atoms with E-state index in [1.165, 1.54) is 0 Å². The molecule has 3 heterocycles. The van der Waals surface area contributed by atoms with Crippen molar-refractivity contribution in [3.8, 4) is 11.5 Å². The summed E-state index contributed by atoms with van der Waals surface area (Å²) in [5, 5.41) is 0. The van der Waals surface area contributed by atoms with Gasteiger partial charge in [0.1, 0.15) is 24.7 Å². The van der Waals surface area contributed by atoms with Crippen molar-refractivity contribution in [1.29, 1.82) is 0 Å². The molecule has 2 aromatic rings. The highest BCUT2D eigenvalue weighted by molar-refractivity contribution is 9.10. The van der Waals surface area contributed by atoms with Crippen molar-refractivity contribution in [1.82, 2.24) is 9.97 Å². The third-order valence-electron chi connectivity index (χ3n) is 5.05. The molecule has 0 aromatic carbocycles. The van der Waals surface area contributed by atoms with E-state index in [0.717, 1.165) is 15.7 Å². The van der Waals surface area contributed by atoms with Gasteiger partial charge in [-0.05, 0) is 55.8 Å². The molecule has 2 aromatic heterocycles. The number of aromatic nitrogens is 2. The fourth-order valence-corrected chi connectivity index (χ4v) is 2.92. The maximum absolute atomic E-state index is 5.99. The topological polar surface area (TPSA) is 81.2 Å². The highest BCUT2D eigenvalue weighted by Gasteiger charge is 2.51. The summed E-state index contributed by atoms with van der Waals surface area (Å²) < 4.78 is 33.5. The van der Waals surface area contributed by atoms with Crippen molar-refractivity contribution in [3.63, 3.8) is 0 Å². The molecule has 32 heavy (non-hydrogen) atoms. The molecule has 0 amide bonds. The highest BCUT2D eigenvalue weighted by atomic mass is 79.9. The first-order valence-corrected chi connectivity index (χ1v) is 11.1. The van der Waals surface area contributed by atoms with Crippen molar-refractivity contribution >= 4 is 28.5 Å². The number of methoxy groups -OCH3 is 2. The molecule has 0 saturated carbocycles. The molecule has 0 N–H and O–H groups in total. The third kappa shape index (κ3) is 8.01. The minimum Gasteiger partial charge on any atom is -0.490 e. The summed E-state index contributed by atoms with van der Waals surface area (Å²) in [6, 6.07) is 3.76. The lowest BCUT2D eigenvalue weighted by atomic mass is 9.80. The van der Waals surface area contributed by atoms with Gasteiger partial charge >= 0.3 is 7.12 Å². The molecule has 1 fully saturated rings. The number of hydrogen-bond donors (Lipinski definition) is 0. The van der Waals surface area contributed by atoms with Gasteiger partial charge in [-0.2, -0.15) is 0 Å². The lowest BCUT2D eigenvalue weighted by Crippen LogP contribution is -2.41. The zero-order valence-electron chi connectivity index (χ0n) is 19.6. The SMILES string of the molecule is COCCOc1cncc(B2OC(C)(C)C(C)(C)O2)c1.COCCOc1cncc(Br)c1. The monoisotopic (exact) mass is 510 g/mol. The quantitative estimate of drug-likeness (QED) is 0.375. The van der Waals surface area contributed by atoms with E-state index in [4.69, 9.17) is 28.3 Å². The smallest absolute Gasteiger partial charge is 0.490 e. The molecule has 176 valence electrons. The van der Waals surface area contributed by atoms with Gasteiger partial charge in [0.25, 0.3) is 0 Å². The van der Waals surface area contributed by atoms with E-state index in [9.17, 15) is 0 Å². The minimum absolute atomic E-state index is 0.357. The number of pyridine rings is 2. The third-order valence-corrected chi connectivity index (χ3v) is 5.49. The largest absolute Gasteiger partial charge is 0.496 e. The van der Waals surface area contributed by atoms with E-state index >= 15 is 0 Å². The van der Waals surface area contributed by atoms with Gasteiger partial charge in [-0.25, -0.2) is 0 Å². The number of rotatable bonds is 9. The Balaban J connectivity index is 0.000000258. The molecule has 0 radical (unpaired) electrons. The Morgan fingerprint density at radius 3 is 1.78 bits per heavy atom. The van der Waals surface area contributed by atoms with Crippen LogP contribution in [0.2, 0.25) is 0 Å². The minimum atomic E-state index is -0.418. The van der Waals surface area contributed by atoms with Crippen molar-refractivity contribution in [2.45, 2.75) is 38.9 Å². The Labute approximate surface area is 199 Å². The van der Waals surface area contributed by atoms with Crippen LogP contribution in [-0.4, -0.2) is 68.9 Å². The van der Waals surface area contributed by atoms with Gasteiger partial charge in [0.05, 0.1) is 36.8 Å². The number of ether oxygens (including phenoxy) is 4. The zero-order valence-corrected chi connectivity index (χ0v) is 21.2. The van der Waals surface area contributed by atoms with E-state index in [1.54, 1.807) is 39.0 Å². The van der Waals surface area contributed by atoms with Gasteiger partial charge in [0.2, 0.25) is 0 Å². The predicted octanol–water partition coefficient (Wildman–Crippen LogP) is 3.28. The van der Waals surface area contributed by atoms with Crippen molar-refractivity contribution in [2.75, 3.05) is 40.6 Å². The van der Waals surface area contributed by atoms with Crippen LogP contribution >= 0.6 is 15.9 Å². The van der Waals surface area contributed by atoms with E-state index in [2.05, 4.69) is 25.9 Å². The highest BCUT2D eigenvalue weighted by Crippen LogP contribution is 2.36. The first kappa shape index (κ1) is 26.5. The first-order valence-electron chi connectivity index (χ1n) is 10.3. The Morgan fingerprint density at radius 1 is 0.781 bits per heavy atom. The molecule has 0 atom stereocenters. The van der Waals surface area contributed by atoms with E-state index < -0.39 is 7.12 Å². The summed E-state index contributed by atoms with van der Waals surface area (Å²) in [6.45, 7) is 10.3. The first-order chi connectivity index (χ1) is 15.2. The average molecular weight is 511 g/mol. The Kier molecular flexibility index (Phi) is 10.4. The number of nitrogens with zero attached hydrogens (tertiary/aromatic N) is 2. The molecule has 0 spiro atoms. The number of halogens is 1. The molecular formula is C22H32BBrN2O6. The molecule has 1 aliphatic rings. The van der Waals surface area contributed by atoms with E-state index in [-0.39, 0.29) is 11.2 Å². The maximum Gasteiger partial charge on any atom is 0.496 e. The summed E-state index contributed by atoms with van der Waals surface area (Å²) in [4.78, 5) is 8.13. The fraction of sp³-hybridized carbons (Fsp3) is 0.545. The molecule has 0 unspecified atom stereocenters. The van der Waals surface area contributed by atoms with Gasteiger partial charge in [-0.15, -0.1) is 0 Å². The molecule has 3 rings (SSSR count). The average Bonchev–Trinajstić information content (AvgIpc) is 2.96. The normalized spacial score (nSPS) is 16.3. The van der Waals surface area contributed by atoms with Crippen LogP contribution in [0.3, 0.4) is 0 Å². The molecular weight excluding hydrogens is 479 g/mol. The van der Waals surface area contributed by atoms with Crippen LogP contribution < -0.4 is 14.9 Å². The Hall–Kier alpha value is -1.72. The second kappa shape index (κ2) is 12.5. The lowest BCUT2D eigenvalue weighted by Gasteiger charge is -2.32. The van der Waals surface area contributed by atoms with Gasteiger partial charge in [0, 0.05) is 36.5 Å². The van der Waals surface area contributed by atoms with Crippen LogP contribution in [0.15, 0.2) is 41.4 Å². The summed E-state index contributed by atoms with van der Waals surface area (Å²) >= 11 is 3.30. The molecule has 8 nitrogen and oxygen atoms in total. The maximum atomic E-state index is 5.99. The van der Waals surface area contributed by atoms with Crippen LogP contribution in [0.1, 0.15) is 27.7 Å². The van der Waals surface area contributed by atoms with Crippen LogP contribution in [0.4, 0.5) is 0 Å². The van der Waals surface area contributed by atoms with E-state index in [1.807, 2.05) is 39.8 Å². The molecule has 1 saturated heterocycles. The predicted molar refractivity (Wildman–Crippen MR) is 127 cm³/mol. The van der Waals surface area contributed by atoms with Crippen LogP contribution in [0.5, 0.6) is 11.5 Å². The zero-order chi connectivity index (χ0) is 23.6. The Morgan fingerprint density at radius 2 is 1.28 bits per heavy atom. The molecule has 1 aliphatic heterocycles. The van der Waals surface area contributed by atoms with Crippen molar-refractivity contribution in [2.24, 2.45) is 0 Å². The Bertz CT molecular complexity index is 824. The second-order valence-corrected chi connectivity index (χ2v) is 8.98. The van der Waals surface area contributed by atoms with Crippen molar-refractivity contribution < 1.29 is 28.3 Å². The molecule has 0 bridgehead atoms. The lowest BCUT2D eigenvalue weighted by molar-refractivity contribution is 0.00578. The number of hydrogen-bond acceptors (Lipinski definition) is 8. The van der Waals surface area contributed by atoms with Crippen LogP contribution in [0, 0.1) is 0 Å². The van der Waals surface area contributed by atoms with Gasteiger partial charge in [-0.1, -0.05) is 0 Å². The summed E-state index contributed by atoms with van der Waals surface area (Å²) in [7, 11) is 2.86. The standard InChI is InChI=1S/C14H22BNO4.C8H10BrNO2/c1-13(2)14(3,4)20-15(19-13)11-8-12(10-16-9-11)18-7-6-17-5;1-11-2-3-12-8-4-7(9)5-10-6-8/h8-10H,6-7H2,1-5H3;4-6H,2-3H2,1H3. The summed E-state index contributed by atoms with van der Waals surface area (Å²) in [5.74, 6) is 1.44. The van der Waals surface area contributed by atoms with Crippen LogP contribution in [0.25, 0.3) is 0 Å². The summed E-state index contributed by atoms with van der Waals surface area (Å²) in [5.41, 5.74) is 0.147. The molecule has 0 aliphatic carbocycles. The molecule has 10 heteroatoms.